The van der Waals surface area contributed by atoms with E-state index >= 15 is 0 Å². The van der Waals surface area contributed by atoms with E-state index in [0.29, 0.717) is 5.88 Å². The average Bonchev–Trinajstić information content (AvgIpc) is 2.50. The van der Waals surface area contributed by atoms with Crippen molar-refractivity contribution >= 4 is 11.9 Å². The maximum Gasteiger partial charge on any atom is 0.328 e. The highest BCUT2D eigenvalue weighted by molar-refractivity contribution is 5.74. The van der Waals surface area contributed by atoms with Gasteiger partial charge >= 0.3 is 5.97 Å². The Morgan fingerprint density at radius 2 is 2.23 bits per heavy atom. The molecule has 0 aliphatic rings. The van der Waals surface area contributed by atoms with Crippen LogP contribution in [0.2, 0.25) is 0 Å². The number of anilines is 1. The monoisotopic (exact) mass is 184 g/mol. The van der Waals surface area contributed by atoms with Crippen LogP contribution < -0.4 is 10.6 Å². The molecule has 1 aromatic heterocycles. The molecule has 1 aromatic rings. The summed E-state index contributed by atoms with van der Waals surface area (Å²) in [4.78, 5) is 12.2. The van der Waals surface area contributed by atoms with Crippen molar-refractivity contribution in [3.05, 3.63) is 17.9 Å². The first-order valence-corrected chi connectivity index (χ1v) is 3.78. The smallest absolute Gasteiger partial charge is 0.328 e. The molecule has 13 heavy (non-hydrogen) atoms. The van der Waals surface area contributed by atoms with Gasteiger partial charge in [0.2, 0.25) is 0 Å². The van der Waals surface area contributed by atoms with Gasteiger partial charge in [-0.15, -0.1) is 0 Å². The third kappa shape index (κ3) is 2.00. The summed E-state index contributed by atoms with van der Waals surface area (Å²) in [6.45, 7) is 0. The summed E-state index contributed by atoms with van der Waals surface area (Å²) in [6, 6.07) is 2.15. The lowest BCUT2D eigenvalue weighted by Crippen LogP contribution is -2.19. The Labute approximate surface area is 75.7 Å². The number of furan rings is 1. The van der Waals surface area contributed by atoms with Crippen LogP contribution in [0.3, 0.4) is 0 Å². The van der Waals surface area contributed by atoms with Crippen LogP contribution in [0.5, 0.6) is 0 Å². The molecule has 0 aliphatic carbocycles. The van der Waals surface area contributed by atoms with E-state index in [1.165, 1.54) is 0 Å². The second-order valence-corrected chi connectivity index (χ2v) is 2.89. The highest BCUT2D eigenvalue weighted by Crippen LogP contribution is 2.20. The lowest BCUT2D eigenvalue weighted by molar-refractivity contribution is -0.139. The molecule has 1 rings (SSSR count). The maximum absolute atomic E-state index is 10.5. The second-order valence-electron chi connectivity index (χ2n) is 2.89. The third-order valence-electron chi connectivity index (χ3n) is 1.63. The first kappa shape index (κ1) is 9.60. The van der Waals surface area contributed by atoms with Crippen LogP contribution in [-0.2, 0) is 4.79 Å². The van der Waals surface area contributed by atoms with Crippen molar-refractivity contribution in [3.8, 4) is 0 Å². The fraction of sp³-hybridized carbons (Fsp3) is 0.375. The zero-order valence-corrected chi connectivity index (χ0v) is 7.52. The van der Waals surface area contributed by atoms with Gasteiger partial charge < -0.3 is 20.2 Å². The van der Waals surface area contributed by atoms with E-state index in [9.17, 15) is 4.79 Å². The van der Waals surface area contributed by atoms with Gasteiger partial charge in [0.25, 0.3) is 0 Å². The van der Waals surface area contributed by atoms with Gasteiger partial charge in [-0.1, -0.05) is 0 Å². The quantitative estimate of drug-likeness (QED) is 0.712. The van der Waals surface area contributed by atoms with E-state index in [-0.39, 0.29) is 5.76 Å². The van der Waals surface area contributed by atoms with E-state index in [2.05, 4.69) is 0 Å². The number of nitrogens with zero attached hydrogens (tertiary/aromatic N) is 1. The van der Waals surface area contributed by atoms with Crippen LogP contribution in [0.1, 0.15) is 11.8 Å². The topological polar surface area (TPSA) is 79.7 Å². The zero-order chi connectivity index (χ0) is 10.0. The van der Waals surface area contributed by atoms with E-state index in [1.54, 1.807) is 31.1 Å². The lowest BCUT2D eigenvalue weighted by Gasteiger charge is -2.07. The van der Waals surface area contributed by atoms with E-state index in [4.69, 9.17) is 15.3 Å². The summed E-state index contributed by atoms with van der Waals surface area (Å²) in [5.41, 5.74) is 5.34. The van der Waals surface area contributed by atoms with Crippen molar-refractivity contribution < 1.29 is 14.3 Å². The Balaban J connectivity index is 2.85. The van der Waals surface area contributed by atoms with Crippen molar-refractivity contribution in [1.82, 2.24) is 0 Å². The van der Waals surface area contributed by atoms with Gasteiger partial charge in [0.15, 0.2) is 11.9 Å². The molecule has 0 unspecified atom stereocenters. The number of rotatable bonds is 3. The summed E-state index contributed by atoms with van der Waals surface area (Å²) >= 11 is 0. The molecule has 72 valence electrons. The minimum Gasteiger partial charge on any atom is -0.480 e. The van der Waals surface area contributed by atoms with Gasteiger partial charge in [0.05, 0.1) is 0 Å². The number of carboxylic acids is 1. The number of carboxylic acid groups (broad SMARTS) is 1. The maximum atomic E-state index is 10.5. The Kier molecular flexibility index (Phi) is 2.57. The Bertz CT molecular complexity index is 306. The second kappa shape index (κ2) is 3.49. The van der Waals surface area contributed by atoms with Crippen LogP contribution in [0.15, 0.2) is 16.5 Å². The largest absolute Gasteiger partial charge is 0.480 e. The Morgan fingerprint density at radius 1 is 1.62 bits per heavy atom. The van der Waals surface area contributed by atoms with Gasteiger partial charge in [0.1, 0.15) is 5.76 Å². The number of hydrogen-bond acceptors (Lipinski definition) is 4. The minimum atomic E-state index is -1.10. The highest BCUT2D eigenvalue weighted by atomic mass is 16.4. The molecular weight excluding hydrogens is 172 g/mol. The van der Waals surface area contributed by atoms with Gasteiger partial charge in [-0.05, 0) is 6.07 Å². The van der Waals surface area contributed by atoms with E-state index in [1.807, 2.05) is 0 Å². The Hall–Kier alpha value is -1.49. The highest BCUT2D eigenvalue weighted by Gasteiger charge is 2.18. The number of hydrogen-bond donors (Lipinski definition) is 2. The Morgan fingerprint density at radius 3 is 2.62 bits per heavy atom. The van der Waals surface area contributed by atoms with Crippen molar-refractivity contribution in [2.45, 2.75) is 6.04 Å². The standard InChI is InChI=1S/C8H12N2O3/c1-10(2)6-4-3-5(13-6)7(9)8(11)12/h3-4,7H,9H2,1-2H3,(H,11,12)/t7-/m1/s1. The van der Waals surface area contributed by atoms with Gasteiger partial charge in [-0.25, -0.2) is 0 Å². The molecule has 0 amide bonds. The van der Waals surface area contributed by atoms with Crippen LogP contribution in [-0.4, -0.2) is 25.2 Å². The minimum absolute atomic E-state index is 0.260. The molecule has 0 saturated heterocycles. The molecule has 1 heterocycles. The van der Waals surface area contributed by atoms with Crippen molar-refractivity contribution in [2.24, 2.45) is 5.73 Å². The predicted molar refractivity (Wildman–Crippen MR) is 47.6 cm³/mol. The van der Waals surface area contributed by atoms with E-state index in [0.717, 1.165) is 0 Å². The molecule has 1 atom stereocenters. The van der Waals surface area contributed by atoms with Gasteiger partial charge in [-0.3, -0.25) is 4.79 Å². The normalized spacial score (nSPS) is 12.5. The lowest BCUT2D eigenvalue weighted by atomic mass is 10.2. The summed E-state index contributed by atoms with van der Waals surface area (Å²) in [6.07, 6.45) is 0. The van der Waals surface area contributed by atoms with Gasteiger partial charge in [0, 0.05) is 20.2 Å². The number of aliphatic carboxylic acids is 1. The number of carbonyl (C=O) groups is 1. The summed E-state index contributed by atoms with van der Waals surface area (Å²) < 4.78 is 5.19. The van der Waals surface area contributed by atoms with Crippen LogP contribution in [0.4, 0.5) is 5.88 Å². The predicted octanol–water partition coefficient (Wildman–Crippen LogP) is 0.430. The van der Waals surface area contributed by atoms with E-state index < -0.39 is 12.0 Å². The molecule has 0 aromatic carbocycles. The first-order valence-electron chi connectivity index (χ1n) is 3.78. The molecule has 0 fully saturated rings. The number of nitrogens with two attached hydrogens (primary N) is 1. The molecule has 3 N–H and O–H groups in total. The van der Waals surface area contributed by atoms with Crippen molar-refractivity contribution in [2.75, 3.05) is 19.0 Å². The van der Waals surface area contributed by atoms with Gasteiger partial charge in [-0.2, -0.15) is 0 Å². The molecule has 0 bridgehead atoms. The van der Waals surface area contributed by atoms with Crippen molar-refractivity contribution in [1.29, 1.82) is 0 Å². The fourth-order valence-electron chi connectivity index (χ4n) is 0.871. The molecule has 5 nitrogen and oxygen atoms in total. The average molecular weight is 184 g/mol. The fourth-order valence-corrected chi connectivity index (χ4v) is 0.871. The van der Waals surface area contributed by atoms with Crippen LogP contribution in [0.25, 0.3) is 0 Å². The zero-order valence-electron chi connectivity index (χ0n) is 7.52. The molecule has 5 heteroatoms. The van der Waals surface area contributed by atoms with Crippen LogP contribution >= 0.6 is 0 Å². The molecule has 0 aliphatic heterocycles. The molecule has 0 radical (unpaired) electrons. The molecule has 0 spiro atoms. The summed E-state index contributed by atoms with van der Waals surface area (Å²) in [5, 5.41) is 8.58. The molecule has 0 saturated carbocycles. The van der Waals surface area contributed by atoms with Crippen molar-refractivity contribution in [3.63, 3.8) is 0 Å². The van der Waals surface area contributed by atoms with Crippen LogP contribution in [0, 0.1) is 0 Å². The molecular formula is C8H12N2O3. The summed E-state index contributed by atoms with van der Waals surface area (Å²) in [5.74, 6) is -0.248. The third-order valence-corrected chi connectivity index (χ3v) is 1.63. The SMILES string of the molecule is CN(C)c1ccc([C@@H](N)C(=O)O)o1. The summed E-state index contributed by atoms with van der Waals surface area (Å²) in [7, 11) is 3.60. The first-order chi connectivity index (χ1) is 6.02.